The molecular weight excluding hydrogens is 697 g/mol. The number of alkyl carbamates (subject to hydrolysis) is 1. The molecule has 0 heterocycles. The van der Waals surface area contributed by atoms with Crippen LogP contribution in [0.2, 0.25) is 10.0 Å². The van der Waals surface area contributed by atoms with Crippen molar-refractivity contribution in [1.29, 1.82) is 0 Å². The third-order valence-electron chi connectivity index (χ3n) is 7.56. The summed E-state index contributed by atoms with van der Waals surface area (Å²) < 4.78 is 10.2. The van der Waals surface area contributed by atoms with Crippen molar-refractivity contribution < 1.29 is 33.4 Å². The number of ether oxygens (including phenoxy) is 2. The summed E-state index contributed by atoms with van der Waals surface area (Å²) in [7, 11) is 1.43. The van der Waals surface area contributed by atoms with E-state index in [2.05, 4.69) is 22.5 Å². The standard InChI is InChI=1S/C37H43Cl2N5O7/c1-4-6-7-11-17-51-37(49)43-36(40)42-28-16-12-15-25(18-28)34(47)44(3)23-32(46)41-22-27(35(48)50-5-2)21-31(45)33-29(38)19-26(20-30(33)39)24-13-9-8-10-14-24/h8-10,12-16,18-20,27H,4-7,11,17,21-23H2,1-3H3,(H,41,46)(H3,40,42,43,49)/t27-/m0/s1. The lowest BCUT2D eigenvalue weighted by molar-refractivity contribution is -0.147. The van der Waals surface area contributed by atoms with Crippen LogP contribution in [-0.2, 0) is 19.1 Å². The number of likely N-dealkylation sites (N-methyl/N-ethyl adjacent to an activating group) is 1. The molecule has 0 aromatic heterocycles. The lowest BCUT2D eigenvalue weighted by atomic mass is 9.96. The fourth-order valence-electron chi connectivity index (χ4n) is 4.97. The highest BCUT2D eigenvalue weighted by atomic mass is 35.5. The van der Waals surface area contributed by atoms with E-state index in [1.165, 1.54) is 24.1 Å². The summed E-state index contributed by atoms with van der Waals surface area (Å²) >= 11 is 13.0. The van der Waals surface area contributed by atoms with Crippen molar-refractivity contribution in [2.24, 2.45) is 16.6 Å². The second-order valence-corrected chi connectivity index (χ2v) is 12.4. The van der Waals surface area contributed by atoms with Crippen LogP contribution in [0.25, 0.3) is 11.1 Å². The van der Waals surface area contributed by atoms with Crippen molar-refractivity contribution in [2.45, 2.75) is 46.0 Å². The van der Waals surface area contributed by atoms with E-state index >= 15 is 0 Å². The first-order valence-electron chi connectivity index (χ1n) is 16.6. The molecule has 0 bridgehead atoms. The molecule has 51 heavy (non-hydrogen) atoms. The minimum atomic E-state index is -1.05. The molecule has 0 radical (unpaired) electrons. The number of carbonyl (C=O) groups excluding carboxylic acids is 5. The average molecular weight is 741 g/mol. The molecule has 0 aliphatic rings. The second kappa shape index (κ2) is 20.7. The molecule has 0 saturated carbocycles. The zero-order valence-electron chi connectivity index (χ0n) is 28.9. The summed E-state index contributed by atoms with van der Waals surface area (Å²) in [5, 5.41) is 5.21. The number of unbranched alkanes of at least 4 members (excludes halogenated alkanes) is 3. The Balaban J connectivity index is 1.59. The highest BCUT2D eigenvalue weighted by Gasteiger charge is 2.27. The Kier molecular flexibility index (Phi) is 16.4. The Morgan fingerprint density at radius 3 is 2.25 bits per heavy atom. The fourth-order valence-corrected chi connectivity index (χ4v) is 5.67. The Morgan fingerprint density at radius 1 is 0.882 bits per heavy atom. The van der Waals surface area contributed by atoms with Gasteiger partial charge in [0, 0.05) is 25.6 Å². The summed E-state index contributed by atoms with van der Waals surface area (Å²) in [6.45, 7) is 3.45. The van der Waals surface area contributed by atoms with Gasteiger partial charge in [-0.05, 0) is 54.8 Å². The first-order valence-corrected chi connectivity index (χ1v) is 17.3. The van der Waals surface area contributed by atoms with Gasteiger partial charge in [0.25, 0.3) is 5.91 Å². The first kappa shape index (κ1) is 40.5. The van der Waals surface area contributed by atoms with E-state index in [0.717, 1.165) is 36.8 Å². The maximum absolute atomic E-state index is 13.4. The predicted molar refractivity (Wildman–Crippen MR) is 197 cm³/mol. The third kappa shape index (κ3) is 13.0. The molecule has 3 amide bonds. The van der Waals surface area contributed by atoms with Gasteiger partial charge in [-0.3, -0.25) is 24.5 Å². The number of Topliss-reactive ketones (excluding diaryl/α,β-unsaturated/α-hetero) is 1. The topological polar surface area (TPSA) is 169 Å². The summed E-state index contributed by atoms with van der Waals surface area (Å²) in [6, 6.07) is 18.8. The van der Waals surface area contributed by atoms with Gasteiger partial charge in [-0.25, -0.2) is 9.79 Å². The normalized spacial score (nSPS) is 11.7. The molecular formula is C37H43Cl2N5O7. The number of amides is 3. The van der Waals surface area contributed by atoms with Crippen LogP contribution in [0.3, 0.4) is 0 Å². The van der Waals surface area contributed by atoms with Gasteiger partial charge in [0.05, 0.1) is 47.0 Å². The Morgan fingerprint density at radius 2 is 1.59 bits per heavy atom. The van der Waals surface area contributed by atoms with Crippen LogP contribution in [0.15, 0.2) is 71.7 Å². The molecule has 4 N–H and O–H groups in total. The van der Waals surface area contributed by atoms with E-state index in [4.69, 9.17) is 38.4 Å². The van der Waals surface area contributed by atoms with E-state index < -0.39 is 35.6 Å². The molecule has 0 aliphatic carbocycles. The fraction of sp³-hybridized carbons (Fsp3) is 0.351. The number of carbonyl (C=O) groups is 5. The smallest absolute Gasteiger partial charge is 0.413 e. The van der Waals surface area contributed by atoms with Gasteiger partial charge in [-0.1, -0.05) is 85.8 Å². The van der Waals surface area contributed by atoms with Gasteiger partial charge >= 0.3 is 12.1 Å². The summed E-state index contributed by atoms with van der Waals surface area (Å²) in [6.07, 6.45) is 2.76. The van der Waals surface area contributed by atoms with Crippen molar-refractivity contribution in [2.75, 3.05) is 33.4 Å². The molecule has 3 aromatic rings. The molecule has 0 saturated heterocycles. The molecule has 12 nitrogen and oxygen atoms in total. The van der Waals surface area contributed by atoms with Crippen LogP contribution in [-0.4, -0.2) is 73.9 Å². The number of hydrogen-bond donors (Lipinski definition) is 3. The highest BCUT2D eigenvalue weighted by Crippen LogP contribution is 2.33. The summed E-state index contributed by atoms with van der Waals surface area (Å²) in [5.41, 5.74) is 7.98. The molecule has 0 unspecified atom stereocenters. The Labute approximate surface area is 307 Å². The number of benzene rings is 3. The van der Waals surface area contributed by atoms with Gasteiger partial charge in [-0.2, -0.15) is 0 Å². The van der Waals surface area contributed by atoms with E-state index in [1.807, 2.05) is 30.3 Å². The maximum Gasteiger partial charge on any atom is 0.413 e. The molecule has 0 spiro atoms. The second-order valence-electron chi connectivity index (χ2n) is 11.6. The molecule has 0 fully saturated rings. The molecule has 1 atom stereocenters. The van der Waals surface area contributed by atoms with E-state index in [1.54, 1.807) is 31.2 Å². The monoisotopic (exact) mass is 739 g/mol. The molecule has 3 rings (SSSR count). The van der Waals surface area contributed by atoms with Crippen LogP contribution in [0.1, 0.15) is 66.7 Å². The quantitative estimate of drug-likeness (QED) is 0.0460. The molecule has 14 heteroatoms. The van der Waals surface area contributed by atoms with Gasteiger partial charge in [0.15, 0.2) is 5.78 Å². The van der Waals surface area contributed by atoms with Gasteiger partial charge in [-0.15, -0.1) is 0 Å². The van der Waals surface area contributed by atoms with Crippen molar-refractivity contribution in [1.82, 2.24) is 15.5 Å². The largest absolute Gasteiger partial charge is 0.466 e. The lowest BCUT2D eigenvalue weighted by Crippen LogP contribution is -2.41. The summed E-state index contributed by atoms with van der Waals surface area (Å²) in [4.78, 5) is 69.4. The van der Waals surface area contributed by atoms with Crippen LogP contribution in [0, 0.1) is 5.92 Å². The molecule has 272 valence electrons. The Bertz CT molecular complexity index is 1700. The maximum atomic E-state index is 13.4. The molecule has 3 aromatic carbocycles. The zero-order valence-corrected chi connectivity index (χ0v) is 30.4. The number of hydrogen-bond acceptors (Lipinski definition) is 8. The van der Waals surface area contributed by atoms with Crippen LogP contribution in [0.4, 0.5) is 10.5 Å². The number of guanidine groups is 1. The number of nitrogens with zero attached hydrogens (tertiary/aromatic N) is 2. The van der Waals surface area contributed by atoms with Crippen LogP contribution < -0.4 is 16.4 Å². The minimum Gasteiger partial charge on any atom is -0.466 e. The number of aliphatic imine (C=N–C) groups is 1. The van der Waals surface area contributed by atoms with E-state index in [0.29, 0.717) is 0 Å². The van der Waals surface area contributed by atoms with E-state index in [9.17, 15) is 24.0 Å². The van der Waals surface area contributed by atoms with Crippen LogP contribution in [0.5, 0.6) is 0 Å². The Hall–Kier alpha value is -4.94. The van der Waals surface area contributed by atoms with Gasteiger partial charge < -0.3 is 25.4 Å². The highest BCUT2D eigenvalue weighted by molar-refractivity contribution is 6.40. The lowest BCUT2D eigenvalue weighted by Gasteiger charge is -2.19. The van der Waals surface area contributed by atoms with Crippen molar-refractivity contribution in [3.63, 3.8) is 0 Å². The summed E-state index contributed by atoms with van der Waals surface area (Å²) in [5.74, 6) is -3.52. The van der Waals surface area contributed by atoms with Crippen molar-refractivity contribution in [3.8, 4) is 11.1 Å². The third-order valence-corrected chi connectivity index (χ3v) is 8.15. The van der Waals surface area contributed by atoms with Gasteiger partial charge in [0.1, 0.15) is 0 Å². The van der Waals surface area contributed by atoms with Crippen LogP contribution >= 0.6 is 23.2 Å². The predicted octanol–water partition coefficient (Wildman–Crippen LogP) is 6.55. The number of ketones is 1. The van der Waals surface area contributed by atoms with Gasteiger partial charge in [0.2, 0.25) is 11.9 Å². The first-order chi connectivity index (χ1) is 24.4. The zero-order chi connectivity index (χ0) is 37.3. The van der Waals surface area contributed by atoms with Crippen molar-refractivity contribution in [3.05, 3.63) is 87.9 Å². The number of halogens is 2. The van der Waals surface area contributed by atoms with Crippen molar-refractivity contribution >= 4 is 64.5 Å². The van der Waals surface area contributed by atoms with E-state index in [-0.39, 0.29) is 65.5 Å². The molecule has 0 aliphatic heterocycles. The number of esters is 1. The average Bonchev–Trinajstić information content (AvgIpc) is 3.09. The number of nitrogens with two attached hydrogens (primary N) is 1. The SMILES string of the molecule is CCCCCCOC(=O)NC(N)=Nc1cccc(C(=O)N(C)CC(=O)NC[C@H](CC(=O)c2c(Cl)cc(-c3ccccc3)cc2Cl)C(=O)OCC)c1. The minimum absolute atomic E-state index is 0.0609. The number of nitrogens with one attached hydrogen (secondary N) is 2. The number of rotatable bonds is 17.